The normalized spacial score (nSPS) is 22.9. The Morgan fingerprint density at radius 2 is 2.07 bits per heavy atom. The Morgan fingerprint density at radius 3 is 2.82 bits per heavy atom. The average molecular weight is 405 g/mol. The van der Waals surface area contributed by atoms with Gasteiger partial charge in [0.25, 0.3) is 5.56 Å². The lowest BCUT2D eigenvalue weighted by Crippen LogP contribution is -2.47. The molecule has 8 heteroatoms. The number of nitrogens with one attached hydrogen (secondary N) is 1. The van der Waals surface area contributed by atoms with Crippen molar-refractivity contribution in [2.75, 3.05) is 24.5 Å². The van der Waals surface area contributed by atoms with E-state index in [-0.39, 0.29) is 23.5 Å². The predicted molar refractivity (Wildman–Crippen MR) is 108 cm³/mol. The molecule has 1 aromatic carbocycles. The standard InChI is InChI=1S/C20H25ClN4O3/c1-12-8-25(9-13(2)28-12)20-22-17-11-24(6-5-16(17)19(27)23-20)10-14-7-15(21)3-4-18(14)26/h3-4,7,12-13,26H,5-6,8-11H2,1-2H3,(H,22,23,27)/t12-,13+. The molecule has 0 bridgehead atoms. The van der Waals surface area contributed by atoms with Crippen LogP contribution in [0.4, 0.5) is 5.95 Å². The van der Waals surface area contributed by atoms with E-state index in [0.717, 1.165) is 23.4 Å². The molecule has 2 aromatic rings. The highest BCUT2D eigenvalue weighted by molar-refractivity contribution is 6.30. The summed E-state index contributed by atoms with van der Waals surface area (Å²) in [7, 11) is 0. The zero-order valence-corrected chi connectivity index (χ0v) is 16.9. The number of morpholine rings is 1. The van der Waals surface area contributed by atoms with E-state index in [0.29, 0.717) is 43.6 Å². The first-order valence-corrected chi connectivity index (χ1v) is 9.99. The van der Waals surface area contributed by atoms with E-state index < -0.39 is 0 Å². The van der Waals surface area contributed by atoms with Gasteiger partial charge in [0.05, 0.1) is 17.9 Å². The minimum Gasteiger partial charge on any atom is -0.508 e. The number of ether oxygens (including phenoxy) is 1. The molecule has 1 fully saturated rings. The summed E-state index contributed by atoms with van der Waals surface area (Å²) < 4.78 is 5.78. The minimum absolute atomic E-state index is 0.0583. The van der Waals surface area contributed by atoms with Crippen LogP contribution in [-0.4, -0.2) is 51.8 Å². The van der Waals surface area contributed by atoms with Crippen LogP contribution in [0.2, 0.25) is 5.02 Å². The van der Waals surface area contributed by atoms with E-state index in [2.05, 4.69) is 14.8 Å². The van der Waals surface area contributed by atoms with Crippen LogP contribution in [0.25, 0.3) is 0 Å². The number of halogens is 1. The largest absolute Gasteiger partial charge is 0.508 e. The molecule has 0 saturated carbocycles. The summed E-state index contributed by atoms with van der Waals surface area (Å²) >= 11 is 6.06. The molecule has 4 rings (SSSR count). The highest BCUT2D eigenvalue weighted by Crippen LogP contribution is 2.25. The number of fused-ring (bicyclic) bond motifs is 1. The highest BCUT2D eigenvalue weighted by atomic mass is 35.5. The third-order valence-corrected chi connectivity index (χ3v) is 5.53. The Kier molecular flexibility index (Phi) is 5.31. The van der Waals surface area contributed by atoms with Crippen LogP contribution in [0.15, 0.2) is 23.0 Å². The molecule has 1 saturated heterocycles. The molecule has 0 spiro atoms. The molecule has 3 heterocycles. The van der Waals surface area contributed by atoms with Gasteiger partial charge >= 0.3 is 0 Å². The van der Waals surface area contributed by atoms with Gasteiger partial charge in [-0.3, -0.25) is 14.7 Å². The van der Waals surface area contributed by atoms with E-state index in [9.17, 15) is 9.90 Å². The van der Waals surface area contributed by atoms with E-state index in [4.69, 9.17) is 21.3 Å². The van der Waals surface area contributed by atoms with E-state index in [1.54, 1.807) is 18.2 Å². The van der Waals surface area contributed by atoms with Crippen LogP contribution < -0.4 is 10.5 Å². The number of hydrogen-bond acceptors (Lipinski definition) is 6. The van der Waals surface area contributed by atoms with Crippen molar-refractivity contribution in [2.45, 2.75) is 45.6 Å². The Balaban J connectivity index is 1.56. The summed E-state index contributed by atoms with van der Waals surface area (Å²) in [6, 6.07) is 5.06. The van der Waals surface area contributed by atoms with Crippen LogP contribution in [0.3, 0.4) is 0 Å². The van der Waals surface area contributed by atoms with E-state index in [1.165, 1.54) is 0 Å². The number of H-pyrrole nitrogens is 1. The van der Waals surface area contributed by atoms with E-state index >= 15 is 0 Å². The Bertz CT molecular complexity index is 922. The summed E-state index contributed by atoms with van der Waals surface area (Å²) in [5.41, 5.74) is 2.27. The second-order valence-electron chi connectivity index (χ2n) is 7.71. The lowest BCUT2D eigenvalue weighted by molar-refractivity contribution is -0.00576. The van der Waals surface area contributed by atoms with Crippen molar-refractivity contribution < 1.29 is 9.84 Å². The van der Waals surface area contributed by atoms with Crippen LogP contribution >= 0.6 is 11.6 Å². The molecule has 0 aliphatic carbocycles. The maximum Gasteiger partial charge on any atom is 0.255 e. The van der Waals surface area contributed by atoms with Crippen LogP contribution in [0.5, 0.6) is 5.75 Å². The van der Waals surface area contributed by atoms with Crippen molar-refractivity contribution in [1.29, 1.82) is 0 Å². The van der Waals surface area contributed by atoms with Crippen LogP contribution in [0.1, 0.15) is 30.7 Å². The number of hydrogen-bond donors (Lipinski definition) is 2. The van der Waals surface area contributed by atoms with Gasteiger partial charge in [-0.15, -0.1) is 0 Å². The second kappa shape index (κ2) is 7.73. The van der Waals surface area contributed by atoms with Gasteiger partial charge in [0.1, 0.15) is 5.75 Å². The van der Waals surface area contributed by atoms with Gasteiger partial charge < -0.3 is 14.7 Å². The van der Waals surface area contributed by atoms with Crippen molar-refractivity contribution in [1.82, 2.24) is 14.9 Å². The summed E-state index contributed by atoms with van der Waals surface area (Å²) in [6.45, 7) is 7.30. The lowest BCUT2D eigenvalue weighted by Gasteiger charge is -2.36. The quantitative estimate of drug-likeness (QED) is 0.816. The van der Waals surface area contributed by atoms with E-state index in [1.807, 2.05) is 13.8 Å². The number of benzene rings is 1. The number of aromatic amines is 1. The molecule has 7 nitrogen and oxygen atoms in total. The van der Waals surface area contributed by atoms with Crippen molar-refractivity contribution in [3.8, 4) is 5.75 Å². The minimum atomic E-state index is -0.0583. The van der Waals surface area contributed by atoms with Crippen molar-refractivity contribution in [2.24, 2.45) is 0 Å². The van der Waals surface area contributed by atoms with Crippen molar-refractivity contribution in [3.63, 3.8) is 0 Å². The lowest BCUT2D eigenvalue weighted by atomic mass is 10.1. The summed E-state index contributed by atoms with van der Waals surface area (Å²) in [4.78, 5) is 24.6. The Morgan fingerprint density at radius 1 is 1.32 bits per heavy atom. The van der Waals surface area contributed by atoms with Crippen LogP contribution in [0, 0.1) is 0 Å². The topological polar surface area (TPSA) is 81.7 Å². The van der Waals surface area contributed by atoms with Gasteiger partial charge in [0.15, 0.2) is 0 Å². The molecular weight excluding hydrogens is 380 g/mol. The van der Waals surface area contributed by atoms with Gasteiger partial charge in [-0.05, 0) is 38.5 Å². The van der Waals surface area contributed by atoms with Gasteiger partial charge in [-0.1, -0.05) is 11.6 Å². The summed E-state index contributed by atoms with van der Waals surface area (Å²) in [5.74, 6) is 0.837. The molecule has 0 amide bonds. The van der Waals surface area contributed by atoms with Crippen LogP contribution in [-0.2, 0) is 24.2 Å². The Hall–Kier alpha value is -2.09. The molecule has 2 N–H and O–H groups in total. The van der Waals surface area contributed by atoms with Gasteiger partial charge in [-0.25, -0.2) is 4.98 Å². The second-order valence-corrected chi connectivity index (χ2v) is 8.15. The maximum absolute atomic E-state index is 12.6. The molecule has 28 heavy (non-hydrogen) atoms. The van der Waals surface area contributed by atoms with Gasteiger partial charge in [0, 0.05) is 48.9 Å². The number of rotatable bonds is 3. The number of nitrogens with zero attached hydrogens (tertiary/aromatic N) is 3. The first kappa shape index (κ1) is 19.2. The molecule has 0 radical (unpaired) electrons. The average Bonchev–Trinajstić information content (AvgIpc) is 2.63. The molecule has 1 aromatic heterocycles. The molecular formula is C20H25ClN4O3. The Labute approximate surface area is 168 Å². The highest BCUT2D eigenvalue weighted by Gasteiger charge is 2.27. The third kappa shape index (κ3) is 4.01. The number of anilines is 1. The SMILES string of the molecule is C[C@@H]1CN(c2nc3c(c(=O)[nH]2)CCN(Cc2cc(Cl)ccc2O)C3)C[C@H](C)O1. The first-order valence-electron chi connectivity index (χ1n) is 9.61. The zero-order chi connectivity index (χ0) is 19.8. The fraction of sp³-hybridized carbons (Fsp3) is 0.500. The van der Waals surface area contributed by atoms with Gasteiger partial charge in [-0.2, -0.15) is 0 Å². The van der Waals surface area contributed by atoms with Crippen molar-refractivity contribution in [3.05, 3.63) is 50.4 Å². The monoisotopic (exact) mass is 404 g/mol. The number of aromatic nitrogens is 2. The van der Waals surface area contributed by atoms with Crippen molar-refractivity contribution >= 4 is 17.5 Å². The smallest absolute Gasteiger partial charge is 0.255 e. The first-order chi connectivity index (χ1) is 13.4. The molecule has 0 unspecified atom stereocenters. The number of phenols is 1. The summed E-state index contributed by atoms with van der Waals surface area (Å²) in [6.07, 6.45) is 0.814. The molecule has 2 atom stereocenters. The fourth-order valence-electron chi connectivity index (χ4n) is 4.04. The summed E-state index contributed by atoms with van der Waals surface area (Å²) in [5, 5.41) is 10.7. The molecule has 150 valence electrons. The third-order valence-electron chi connectivity index (χ3n) is 5.29. The molecule has 2 aliphatic heterocycles. The zero-order valence-electron chi connectivity index (χ0n) is 16.1. The number of aromatic hydroxyl groups is 1. The number of phenolic OH excluding ortho intramolecular Hbond substituents is 1. The molecule has 2 aliphatic rings. The fourth-order valence-corrected chi connectivity index (χ4v) is 4.23. The maximum atomic E-state index is 12.6. The van der Waals surface area contributed by atoms with Gasteiger partial charge in [0.2, 0.25) is 5.95 Å². The predicted octanol–water partition coefficient (Wildman–Crippen LogP) is 2.30.